The van der Waals surface area contributed by atoms with Crippen molar-refractivity contribution in [3.63, 3.8) is 0 Å². The van der Waals surface area contributed by atoms with Crippen LogP contribution in [0.2, 0.25) is 0 Å². The van der Waals surface area contributed by atoms with Gasteiger partial charge in [0, 0.05) is 18.2 Å². The second-order valence-corrected chi connectivity index (χ2v) is 4.28. The van der Waals surface area contributed by atoms with Crippen molar-refractivity contribution in [1.82, 2.24) is 0 Å². The Kier molecular flexibility index (Phi) is 5.58. The van der Waals surface area contributed by atoms with E-state index >= 15 is 0 Å². The van der Waals surface area contributed by atoms with E-state index in [0.717, 1.165) is 25.3 Å². The van der Waals surface area contributed by atoms with Crippen molar-refractivity contribution in [2.75, 3.05) is 11.9 Å². The minimum atomic E-state index is -0.637. The standard InChI is InChI=1S/C13H20FN3O/c1-2-3-4-10(8-15)17-12-6-5-9(13(16)18)7-11(12)14/h5-7,10,17H,2-4,8,15H2,1H3,(H2,16,18). The Morgan fingerprint density at radius 2 is 2.22 bits per heavy atom. The average molecular weight is 253 g/mol. The molecule has 0 radical (unpaired) electrons. The third-order valence-electron chi connectivity index (χ3n) is 2.80. The van der Waals surface area contributed by atoms with E-state index in [1.54, 1.807) is 0 Å². The van der Waals surface area contributed by atoms with E-state index in [0.29, 0.717) is 12.2 Å². The highest BCUT2D eigenvalue weighted by Crippen LogP contribution is 2.17. The van der Waals surface area contributed by atoms with E-state index in [2.05, 4.69) is 12.2 Å². The van der Waals surface area contributed by atoms with Crippen molar-refractivity contribution in [2.45, 2.75) is 32.2 Å². The van der Waals surface area contributed by atoms with Crippen molar-refractivity contribution in [1.29, 1.82) is 0 Å². The van der Waals surface area contributed by atoms with Crippen LogP contribution in [0.25, 0.3) is 0 Å². The van der Waals surface area contributed by atoms with Crippen LogP contribution >= 0.6 is 0 Å². The maximum absolute atomic E-state index is 13.7. The number of hydrogen-bond donors (Lipinski definition) is 3. The van der Waals surface area contributed by atoms with Crippen LogP contribution in [0.5, 0.6) is 0 Å². The highest BCUT2D eigenvalue weighted by Gasteiger charge is 2.11. The van der Waals surface area contributed by atoms with Crippen LogP contribution in [0.3, 0.4) is 0 Å². The zero-order chi connectivity index (χ0) is 13.5. The molecule has 1 aromatic rings. The molecule has 5 heteroatoms. The summed E-state index contributed by atoms with van der Waals surface area (Å²) in [6, 6.07) is 4.20. The first-order chi connectivity index (χ1) is 8.58. The van der Waals surface area contributed by atoms with Gasteiger partial charge >= 0.3 is 0 Å². The van der Waals surface area contributed by atoms with E-state index in [-0.39, 0.29) is 11.6 Å². The zero-order valence-corrected chi connectivity index (χ0v) is 10.6. The van der Waals surface area contributed by atoms with Crippen molar-refractivity contribution in [2.24, 2.45) is 11.5 Å². The fraction of sp³-hybridized carbons (Fsp3) is 0.462. The molecule has 0 fully saturated rings. The quantitative estimate of drug-likeness (QED) is 0.693. The number of benzene rings is 1. The van der Waals surface area contributed by atoms with Crippen molar-refractivity contribution in [3.05, 3.63) is 29.6 Å². The molecule has 1 unspecified atom stereocenters. The summed E-state index contributed by atoms with van der Waals surface area (Å²) in [5.74, 6) is -1.12. The van der Waals surface area contributed by atoms with Crippen LogP contribution in [0.15, 0.2) is 18.2 Å². The Bertz CT molecular complexity index is 409. The number of unbranched alkanes of at least 4 members (excludes halogenated alkanes) is 1. The van der Waals surface area contributed by atoms with Gasteiger partial charge < -0.3 is 16.8 Å². The molecular formula is C13H20FN3O. The Morgan fingerprint density at radius 1 is 1.50 bits per heavy atom. The zero-order valence-electron chi connectivity index (χ0n) is 10.6. The van der Waals surface area contributed by atoms with Crippen LogP contribution in [-0.4, -0.2) is 18.5 Å². The molecule has 0 aliphatic carbocycles. The summed E-state index contributed by atoms with van der Waals surface area (Å²) in [6.45, 7) is 2.53. The topological polar surface area (TPSA) is 81.1 Å². The van der Waals surface area contributed by atoms with Crippen molar-refractivity contribution >= 4 is 11.6 Å². The fourth-order valence-corrected chi connectivity index (χ4v) is 1.70. The molecule has 0 saturated carbocycles. The first kappa shape index (κ1) is 14.4. The molecule has 1 aromatic carbocycles. The van der Waals surface area contributed by atoms with Gasteiger partial charge in [-0.05, 0) is 24.6 Å². The minimum Gasteiger partial charge on any atom is -0.379 e. The molecule has 0 heterocycles. The molecule has 0 aliphatic rings. The molecule has 0 spiro atoms. The molecule has 1 atom stereocenters. The maximum Gasteiger partial charge on any atom is 0.248 e. The monoisotopic (exact) mass is 253 g/mol. The second-order valence-electron chi connectivity index (χ2n) is 4.28. The maximum atomic E-state index is 13.7. The molecule has 18 heavy (non-hydrogen) atoms. The molecule has 0 aromatic heterocycles. The summed E-state index contributed by atoms with van der Waals surface area (Å²) in [5.41, 5.74) is 11.2. The number of carbonyl (C=O) groups is 1. The Labute approximate surface area is 107 Å². The van der Waals surface area contributed by atoms with Crippen LogP contribution in [0.4, 0.5) is 10.1 Å². The largest absolute Gasteiger partial charge is 0.379 e. The van der Waals surface area contributed by atoms with Gasteiger partial charge in [0.25, 0.3) is 0 Å². The third-order valence-corrected chi connectivity index (χ3v) is 2.80. The van der Waals surface area contributed by atoms with Gasteiger partial charge in [0.05, 0.1) is 5.69 Å². The van der Waals surface area contributed by atoms with Crippen LogP contribution < -0.4 is 16.8 Å². The van der Waals surface area contributed by atoms with Gasteiger partial charge in [0.2, 0.25) is 5.91 Å². The van der Waals surface area contributed by atoms with E-state index in [4.69, 9.17) is 11.5 Å². The number of rotatable bonds is 7. The summed E-state index contributed by atoms with van der Waals surface area (Å²) in [6.07, 6.45) is 3.00. The number of amides is 1. The summed E-state index contributed by atoms with van der Waals surface area (Å²) in [5, 5.41) is 3.05. The minimum absolute atomic E-state index is 0.0406. The van der Waals surface area contributed by atoms with Gasteiger partial charge in [-0.15, -0.1) is 0 Å². The van der Waals surface area contributed by atoms with Crippen molar-refractivity contribution < 1.29 is 9.18 Å². The Hall–Kier alpha value is -1.62. The molecule has 4 nitrogen and oxygen atoms in total. The van der Waals surface area contributed by atoms with Gasteiger partial charge in [-0.1, -0.05) is 19.8 Å². The predicted molar refractivity (Wildman–Crippen MR) is 70.9 cm³/mol. The number of carbonyl (C=O) groups excluding carboxylic acids is 1. The van der Waals surface area contributed by atoms with Gasteiger partial charge in [0.15, 0.2) is 0 Å². The normalized spacial score (nSPS) is 12.2. The molecular weight excluding hydrogens is 233 g/mol. The van der Waals surface area contributed by atoms with E-state index < -0.39 is 11.7 Å². The molecule has 0 aliphatic heterocycles. The molecule has 1 amide bonds. The van der Waals surface area contributed by atoms with Gasteiger partial charge in [0.1, 0.15) is 5.82 Å². The first-order valence-electron chi connectivity index (χ1n) is 6.14. The van der Waals surface area contributed by atoms with Gasteiger partial charge in [-0.2, -0.15) is 0 Å². The SMILES string of the molecule is CCCCC(CN)Nc1ccc(C(N)=O)cc1F. The predicted octanol–water partition coefficient (Wildman–Crippen LogP) is 1.85. The fourth-order valence-electron chi connectivity index (χ4n) is 1.70. The lowest BCUT2D eigenvalue weighted by atomic mass is 10.1. The van der Waals surface area contributed by atoms with E-state index in [9.17, 15) is 9.18 Å². The summed E-state index contributed by atoms with van der Waals surface area (Å²) >= 11 is 0. The Balaban J connectivity index is 2.74. The lowest BCUT2D eigenvalue weighted by Gasteiger charge is -2.18. The van der Waals surface area contributed by atoms with Crippen LogP contribution in [-0.2, 0) is 0 Å². The lowest BCUT2D eigenvalue weighted by Crippen LogP contribution is -2.29. The van der Waals surface area contributed by atoms with Crippen molar-refractivity contribution in [3.8, 4) is 0 Å². The van der Waals surface area contributed by atoms with E-state index in [1.165, 1.54) is 12.1 Å². The van der Waals surface area contributed by atoms with Crippen LogP contribution in [0, 0.1) is 5.82 Å². The summed E-state index contributed by atoms with van der Waals surface area (Å²) < 4.78 is 13.7. The Morgan fingerprint density at radius 3 is 2.72 bits per heavy atom. The van der Waals surface area contributed by atoms with E-state index in [1.807, 2.05) is 0 Å². The van der Waals surface area contributed by atoms with Gasteiger partial charge in [-0.3, -0.25) is 4.79 Å². The molecule has 0 saturated heterocycles. The molecule has 100 valence electrons. The second kappa shape index (κ2) is 6.96. The molecule has 5 N–H and O–H groups in total. The smallest absolute Gasteiger partial charge is 0.248 e. The molecule has 1 rings (SSSR count). The number of nitrogens with one attached hydrogen (secondary N) is 1. The highest BCUT2D eigenvalue weighted by atomic mass is 19.1. The third kappa shape index (κ3) is 4.00. The summed E-state index contributed by atoms with van der Waals surface area (Å²) in [4.78, 5) is 10.9. The number of nitrogens with two attached hydrogens (primary N) is 2. The highest BCUT2D eigenvalue weighted by molar-refractivity contribution is 5.93. The lowest BCUT2D eigenvalue weighted by molar-refractivity contribution is 0.1000. The first-order valence-corrected chi connectivity index (χ1v) is 6.14. The summed E-state index contributed by atoms with van der Waals surface area (Å²) in [7, 11) is 0. The van der Waals surface area contributed by atoms with Crippen LogP contribution in [0.1, 0.15) is 36.5 Å². The molecule has 0 bridgehead atoms. The number of halogens is 1. The average Bonchev–Trinajstić information content (AvgIpc) is 2.35. The number of hydrogen-bond acceptors (Lipinski definition) is 3. The number of primary amides is 1. The van der Waals surface area contributed by atoms with Gasteiger partial charge in [-0.25, -0.2) is 4.39 Å². The number of anilines is 1.